The molecular weight excluding hydrogens is 444 g/mol. The molecule has 0 amide bonds. The van der Waals surface area contributed by atoms with E-state index < -0.39 is 60.7 Å². The van der Waals surface area contributed by atoms with Gasteiger partial charge in [0.1, 0.15) is 41.5 Å². The third kappa shape index (κ3) is 4.05. The number of ether oxygens (including phenoxy) is 3. The minimum atomic E-state index is -1.74. The lowest BCUT2D eigenvalue weighted by Gasteiger charge is -2.40. The average molecular weight is 467 g/mol. The van der Waals surface area contributed by atoms with Crippen molar-refractivity contribution in [2.24, 2.45) is 0 Å². The smallest absolute Gasteiger partial charge is 0.270 e. The van der Waals surface area contributed by atoms with Gasteiger partial charge >= 0.3 is 0 Å². The van der Waals surface area contributed by atoms with E-state index in [0.717, 1.165) is 18.2 Å². The molecule has 12 heteroatoms. The Morgan fingerprint density at radius 3 is 2.15 bits per heavy atom. The van der Waals surface area contributed by atoms with Gasteiger partial charge < -0.3 is 60.2 Å². The van der Waals surface area contributed by atoms with E-state index in [1.165, 1.54) is 12.1 Å². The molecule has 10 N–H and O–H groups in total. The fourth-order valence-electron chi connectivity index (χ4n) is 3.71. The monoisotopic (exact) mass is 467 g/mol. The number of benzene rings is 2. The molecule has 6 atom stereocenters. The van der Waals surface area contributed by atoms with Gasteiger partial charge in [-0.25, -0.2) is 0 Å². The van der Waals surface area contributed by atoms with Crippen molar-refractivity contribution in [2.45, 2.75) is 36.8 Å². The van der Waals surface area contributed by atoms with Crippen LogP contribution in [0.25, 0.3) is 6.08 Å². The predicted octanol–water partition coefficient (Wildman–Crippen LogP) is -0.632. The Balaban J connectivity index is 1.76. The van der Waals surface area contributed by atoms with E-state index in [1.807, 2.05) is 0 Å². The lowest BCUT2D eigenvalue weighted by molar-refractivity contribution is -0.295. The minimum absolute atomic E-state index is 0.0858. The molecule has 12 nitrogen and oxygen atoms in total. The zero-order valence-corrected chi connectivity index (χ0v) is 16.8. The highest BCUT2D eigenvalue weighted by molar-refractivity contribution is 5.69. The molecule has 2 aliphatic heterocycles. The molecular formula is C21H23O12+. The van der Waals surface area contributed by atoms with E-state index >= 15 is 0 Å². The van der Waals surface area contributed by atoms with Crippen LogP contribution in [0, 0.1) is 0 Å². The summed E-state index contributed by atoms with van der Waals surface area (Å²) in [7, 11) is 0. The van der Waals surface area contributed by atoms with Gasteiger partial charge in [0.2, 0.25) is 6.29 Å². The molecule has 2 aromatic rings. The van der Waals surface area contributed by atoms with E-state index in [4.69, 9.17) is 9.47 Å². The highest BCUT2D eigenvalue weighted by atomic mass is 16.7. The van der Waals surface area contributed by atoms with Gasteiger partial charge in [0.15, 0.2) is 23.0 Å². The lowest BCUT2D eigenvalue weighted by atomic mass is 9.98. The lowest BCUT2D eigenvalue weighted by Crippen LogP contribution is -2.59. The first-order chi connectivity index (χ1) is 15.6. The number of hydrogen-bond donors (Lipinski definition) is 9. The second-order valence-electron chi connectivity index (χ2n) is 7.70. The second kappa shape index (κ2) is 8.50. The number of phenolic OH excluding ortho intramolecular Hbond substituents is 5. The second-order valence-corrected chi connectivity index (χ2v) is 7.70. The Hall–Kier alpha value is -3.42. The maximum atomic E-state index is 10.3. The van der Waals surface area contributed by atoms with Crippen LogP contribution in [0.3, 0.4) is 0 Å². The zero-order chi connectivity index (χ0) is 24.0. The number of rotatable bonds is 4. The maximum Gasteiger partial charge on any atom is 0.270 e. The summed E-state index contributed by atoms with van der Waals surface area (Å²) in [6, 6.07) is 4.51. The van der Waals surface area contributed by atoms with E-state index in [2.05, 4.69) is 4.74 Å². The number of aliphatic hydroxyl groups excluding tert-OH is 4. The summed E-state index contributed by atoms with van der Waals surface area (Å²) >= 11 is 0. The van der Waals surface area contributed by atoms with E-state index in [-0.39, 0.29) is 34.1 Å². The normalized spacial score (nSPS) is 29.0. The number of fused-ring (bicyclic) bond motifs is 1. The van der Waals surface area contributed by atoms with Crippen LogP contribution >= 0.6 is 0 Å². The van der Waals surface area contributed by atoms with Crippen molar-refractivity contribution >= 4 is 6.08 Å². The van der Waals surface area contributed by atoms with Crippen LogP contribution in [0.2, 0.25) is 0 Å². The summed E-state index contributed by atoms with van der Waals surface area (Å²) < 4.78 is 15.5. The highest BCUT2D eigenvalue weighted by Crippen LogP contribution is 2.47. The standard InChI is InChI=1S/C21H22O12/c22-6-15-17(28)18(29)19(30)21(33-15)32-14-5-9-10(24)3-8(23)4-13(9)31-20(14)7-1-11(25)16(27)12(26)2-7/h1-5,15,17-30H,6H2/p+1/t15-,17-,18-,19+,20?,21+/m0/s1. The van der Waals surface area contributed by atoms with Crippen LogP contribution in [0.4, 0.5) is 0 Å². The fourth-order valence-corrected chi connectivity index (χ4v) is 3.71. The number of aliphatic hydroxyl groups is 5. The van der Waals surface area contributed by atoms with Crippen molar-refractivity contribution in [3.8, 4) is 34.5 Å². The summed E-state index contributed by atoms with van der Waals surface area (Å²) in [6.07, 6.45) is -7.70. The summed E-state index contributed by atoms with van der Waals surface area (Å²) in [6.45, 7) is -0.680. The molecule has 0 aliphatic carbocycles. The Morgan fingerprint density at radius 2 is 1.52 bits per heavy atom. The molecule has 0 radical (unpaired) electrons. The summed E-state index contributed by atoms with van der Waals surface area (Å²) in [5.41, 5.74) is 0.253. The van der Waals surface area contributed by atoms with E-state index in [1.54, 1.807) is 0 Å². The first kappa shape index (κ1) is 22.8. The van der Waals surface area contributed by atoms with Gasteiger partial charge in [-0.05, 0) is 12.1 Å². The minimum Gasteiger partial charge on any atom is -0.571 e. The van der Waals surface area contributed by atoms with Gasteiger partial charge in [-0.15, -0.1) is 0 Å². The SMILES string of the molecule is OC[C@@H]1O[C@@H](OC2=Cc3c(O)cc(O)cc3[OH+]C2c2cc(O)c(O)c(O)c2)[C@H](O)[C@@H](O)[C@H]1O. The Kier molecular flexibility index (Phi) is 5.86. The number of hydrogen-bond acceptors (Lipinski definition) is 11. The summed E-state index contributed by atoms with van der Waals surface area (Å²) in [5, 5.41) is 89.3. The molecule has 4 rings (SSSR count). The van der Waals surface area contributed by atoms with Crippen molar-refractivity contribution in [1.82, 2.24) is 0 Å². The topological polar surface area (TPSA) is 213 Å². The van der Waals surface area contributed by atoms with Crippen molar-refractivity contribution < 1.29 is 60.2 Å². The van der Waals surface area contributed by atoms with Crippen molar-refractivity contribution in [1.29, 1.82) is 0 Å². The summed E-state index contributed by atoms with van der Waals surface area (Å²) in [4.78, 5) is 0. The first-order valence-electron chi connectivity index (χ1n) is 9.81. The van der Waals surface area contributed by atoms with Crippen LogP contribution in [-0.2, 0) is 9.47 Å². The molecule has 2 heterocycles. The molecule has 0 aromatic heterocycles. The predicted molar refractivity (Wildman–Crippen MR) is 108 cm³/mol. The third-order valence-corrected chi connectivity index (χ3v) is 5.45. The van der Waals surface area contributed by atoms with Gasteiger partial charge in [0.05, 0.1) is 18.2 Å². The molecule has 2 aliphatic rings. The van der Waals surface area contributed by atoms with Crippen molar-refractivity contribution in [3.05, 3.63) is 41.2 Å². The Bertz CT molecular complexity index is 1060. The number of aromatic hydroxyl groups is 6. The highest BCUT2D eigenvalue weighted by Gasteiger charge is 2.46. The molecule has 1 fully saturated rings. The van der Waals surface area contributed by atoms with Crippen molar-refractivity contribution in [2.75, 3.05) is 6.61 Å². The fraction of sp³-hybridized carbons (Fsp3) is 0.333. The van der Waals surface area contributed by atoms with Crippen LogP contribution in [-0.4, -0.2) is 88.0 Å². The van der Waals surface area contributed by atoms with Gasteiger partial charge in [-0.1, -0.05) is 0 Å². The molecule has 0 spiro atoms. The number of phenols is 5. The van der Waals surface area contributed by atoms with Gasteiger partial charge in [0, 0.05) is 12.1 Å². The van der Waals surface area contributed by atoms with Gasteiger partial charge in [-0.2, -0.15) is 0 Å². The van der Waals surface area contributed by atoms with Gasteiger partial charge in [-0.3, -0.25) is 0 Å². The van der Waals surface area contributed by atoms with Crippen LogP contribution in [0.5, 0.6) is 34.5 Å². The van der Waals surface area contributed by atoms with Crippen LogP contribution in [0.15, 0.2) is 30.0 Å². The van der Waals surface area contributed by atoms with E-state index in [9.17, 15) is 46.0 Å². The third-order valence-electron chi connectivity index (χ3n) is 5.45. The largest absolute Gasteiger partial charge is 0.571 e. The molecule has 1 saturated heterocycles. The Labute approximate surface area is 186 Å². The molecule has 2 aromatic carbocycles. The maximum absolute atomic E-state index is 10.3. The molecule has 33 heavy (non-hydrogen) atoms. The molecule has 0 saturated carbocycles. The summed E-state index contributed by atoms with van der Waals surface area (Å²) in [5.74, 6) is -2.65. The molecule has 0 bridgehead atoms. The average Bonchev–Trinajstić information content (AvgIpc) is 2.77. The quantitative estimate of drug-likeness (QED) is 0.204. The Morgan fingerprint density at radius 1 is 0.848 bits per heavy atom. The van der Waals surface area contributed by atoms with Crippen molar-refractivity contribution in [3.63, 3.8) is 0 Å². The molecule has 178 valence electrons. The van der Waals surface area contributed by atoms with E-state index in [0.29, 0.717) is 0 Å². The van der Waals surface area contributed by atoms with Gasteiger partial charge in [0.25, 0.3) is 11.9 Å². The zero-order valence-electron chi connectivity index (χ0n) is 16.8. The van der Waals surface area contributed by atoms with Crippen LogP contribution < -0.4 is 0 Å². The first-order valence-corrected chi connectivity index (χ1v) is 9.81. The molecule has 1 unspecified atom stereocenters. The van der Waals surface area contributed by atoms with Crippen LogP contribution in [0.1, 0.15) is 17.2 Å².